The number of aldehydes is 1. The molecule has 3 N–H and O–H groups in total. The maximum absolute atomic E-state index is 13.8. The van der Waals surface area contributed by atoms with Gasteiger partial charge in [-0.3, -0.25) is 19.1 Å². The number of benzene rings is 3. The van der Waals surface area contributed by atoms with E-state index in [9.17, 15) is 14.4 Å². The fourth-order valence-electron chi connectivity index (χ4n) is 4.42. The molecule has 1 heterocycles. The van der Waals surface area contributed by atoms with Crippen molar-refractivity contribution >= 4 is 47.2 Å². The highest BCUT2D eigenvalue weighted by Crippen LogP contribution is 2.35. The van der Waals surface area contributed by atoms with E-state index in [1.807, 2.05) is 24.3 Å². The van der Waals surface area contributed by atoms with Gasteiger partial charge in [-0.15, -0.1) is 0 Å². The molecule has 3 amide bonds. The predicted octanol–water partition coefficient (Wildman–Crippen LogP) is 5.13. The summed E-state index contributed by atoms with van der Waals surface area (Å²) in [6.45, 7) is -0.196. The quantitative estimate of drug-likeness (QED) is 0.233. The third-order valence-electron chi connectivity index (χ3n) is 6.40. The molecule has 0 aliphatic heterocycles. The number of amides is 3. The molecule has 4 aromatic rings. The lowest BCUT2D eigenvalue weighted by Gasteiger charge is -2.26. The molecule has 4 rings (SSSR count). The zero-order valence-corrected chi connectivity index (χ0v) is 23.8. The van der Waals surface area contributed by atoms with Crippen LogP contribution in [0.4, 0.5) is 10.6 Å². The number of aryl methyl sites for hydroxylation is 1. The van der Waals surface area contributed by atoms with Gasteiger partial charge >= 0.3 is 6.03 Å². The zero-order valence-electron chi connectivity index (χ0n) is 22.3. The summed E-state index contributed by atoms with van der Waals surface area (Å²) in [4.78, 5) is 45.5. The van der Waals surface area contributed by atoms with Crippen molar-refractivity contribution in [2.24, 2.45) is 5.73 Å². The van der Waals surface area contributed by atoms with Crippen LogP contribution in [0.1, 0.15) is 28.0 Å². The Morgan fingerprint density at radius 3 is 2.27 bits per heavy atom. The number of likely N-dealkylation sites (N-methyl/N-ethyl adjacent to an activating group) is 1. The van der Waals surface area contributed by atoms with Gasteiger partial charge < -0.3 is 15.7 Å². The largest absolute Gasteiger partial charge is 0.396 e. The second-order valence-corrected chi connectivity index (χ2v) is 10.2. The van der Waals surface area contributed by atoms with Crippen molar-refractivity contribution in [1.29, 1.82) is 0 Å². The number of imidazole rings is 1. The monoisotopic (exact) mass is 593 g/mol. The summed E-state index contributed by atoms with van der Waals surface area (Å²) in [6, 6.07) is 20.9. The molecule has 0 unspecified atom stereocenters. The highest BCUT2D eigenvalue weighted by atomic mass is 35.5. The van der Waals surface area contributed by atoms with Crippen LogP contribution in [-0.4, -0.2) is 58.0 Å². The van der Waals surface area contributed by atoms with E-state index in [0.717, 1.165) is 11.1 Å². The number of halogens is 2. The number of nitrogens with zero attached hydrogens (tertiary/aromatic N) is 4. The lowest BCUT2D eigenvalue weighted by molar-refractivity contribution is -0.118. The molecule has 0 saturated carbocycles. The fraction of sp³-hybridized carbons (Fsp3) is 0.200. The minimum atomic E-state index is -0.687. The molecule has 0 atom stereocenters. The highest BCUT2D eigenvalue weighted by Gasteiger charge is 2.30. The Bertz CT molecular complexity index is 1540. The number of aliphatic hydroxyl groups excluding tert-OH is 1. The summed E-state index contributed by atoms with van der Waals surface area (Å²) in [5.74, 6) is -0.270. The van der Waals surface area contributed by atoms with E-state index in [1.54, 1.807) is 53.1 Å². The zero-order chi connectivity index (χ0) is 29.5. The molecule has 3 aromatic carbocycles. The molecular weight excluding hydrogens is 565 g/mol. The van der Waals surface area contributed by atoms with Gasteiger partial charge in [0.15, 0.2) is 12.1 Å². The minimum absolute atomic E-state index is 0.0443. The molecule has 11 heteroatoms. The molecule has 0 aliphatic carbocycles. The normalized spacial score (nSPS) is 10.8. The number of carbonyl (C=O) groups excluding carboxylic acids is 3. The van der Waals surface area contributed by atoms with E-state index in [0.29, 0.717) is 46.2 Å². The Morgan fingerprint density at radius 1 is 1.00 bits per heavy atom. The molecule has 9 nitrogen and oxygen atoms in total. The highest BCUT2D eigenvalue weighted by molar-refractivity contribution is 6.33. The molecule has 0 aliphatic rings. The molecule has 0 fully saturated rings. The van der Waals surface area contributed by atoms with Crippen molar-refractivity contribution in [3.05, 3.63) is 99.7 Å². The first-order chi connectivity index (χ1) is 19.7. The number of rotatable bonds is 11. The molecule has 0 bridgehead atoms. The lowest BCUT2D eigenvalue weighted by atomic mass is 10.1. The summed E-state index contributed by atoms with van der Waals surface area (Å²) < 4.78 is 1.62. The van der Waals surface area contributed by atoms with E-state index in [-0.39, 0.29) is 31.2 Å². The van der Waals surface area contributed by atoms with Gasteiger partial charge in [-0.2, -0.15) is 0 Å². The smallest absolute Gasteiger partial charge is 0.326 e. The number of aromatic nitrogens is 2. The minimum Gasteiger partial charge on any atom is -0.396 e. The standard InChI is InChI=1S/C30H29Cl2N5O4/c1-35(18-27(33)40)30(41)36(17-21-10-8-20(9-11-21)5-4-16-38)29-26(19-39)37(23-14-12-22(31)13-15-23)28(34-29)24-6-2-3-7-25(24)32/h2-3,6-15,19,38H,4-5,16-18H2,1H3,(H2,33,40). The number of urea groups is 1. The second-order valence-electron chi connectivity index (χ2n) is 9.39. The molecular formula is C30H29Cl2N5O4. The van der Waals surface area contributed by atoms with Crippen molar-refractivity contribution in [1.82, 2.24) is 14.5 Å². The van der Waals surface area contributed by atoms with E-state index in [4.69, 9.17) is 39.0 Å². The SMILES string of the molecule is CN(CC(N)=O)C(=O)N(Cc1ccc(CCCO)cc1)c1nc(-c2ccccc2Cl)n(-c2ccc(Cl)cc2)c1C=O. The van der Waals surface area contributed by atoms with Crippen LogP contribution < -0.4 is 10.6 Å². The van der Waals surface area contributed by atoms with Crippen LogP contribution in [0.2, 0.25) is 10.0 Å². The lowest BCUT2D eigenvalue weighted by Crippen LogP contribution is -2.44. The third-order valence-corrected chi connectivity index (χ3v) is 6.98. The number of hydrogen-bond acceptors (Lipinski definition) is 5. The molecule has 212 valence electrons. The van der Waals surface area contributed by atoms with Crippen molar-refractivity contribution < 1.29 is 19.5 Å². The molecule has 1 aromatic heterocycles. The second kappa shape index (κ2) is 13.5. The van der Waals surface area contributed by atoms with Crippen molar-refractivity contribution in [2.45, 2.75) is 19.4 Å². The molecule has 0 spiro atoms. The molecule has 0 saturated heterocycles. The maximum Gasteiger partial charge on any atom is 0.326 e. The van der Waals surface area contributed by atoms with Gasteiger partial charge in [0.1, 0.15) is 18.1 Å². The van der Waals surface area contributed by atoms with Crippen LogP contribution in [0.3, 0.4) is 0 Å². The Hall–Kier alpha value is -4.18. The van der Waals surface area contributed by atoms with Gasteiger partial charge in [-0.05, 0) is 60.4 Å². The van der Waals surface area contributed by atoms with E-state index < -0.39 is 11.9 Å². The fourth-order valence-corrected chi connectivity index (χ4v) is 4.76. The Balaban J connectivity index is 1.89. The third kappa shape index (κ3) is 6.94. The summed E-state index contributed by atoms with van der Waals surface area (Å²) in [5.41, 5.74) is 8.39. The first-order valence-corrected chi connectivity index (χ1v) is 13.6. The van der Waals surface area contributed by atoms with Crippen molar-refractivity contribution in [3.8, 4) is 17.1 Å². The molecule has 41 heavy (non-hydrogen) atoms. The first kappa shape index (κ1) is 29.8. The van der Waals surface area contributed by atoms with E-state index >= 15 is 0 Å². The van der Waals surface area contributed by atoms with Gasteiger partial charge in [0.2, 0.25) is 5.91 Å². The summed E-state index contributed by atoms with van der Waals surface area (Å²) in [5, 5.41) is 10.0. The summed E-state index contributed by atoms with van der Waals surface area (Å²) in [6.07, 6.45) is 1.98. The van der Waals surface area contributed by atoms with Gasteiger partial charge in [-0.1, -0.05) is 59.6 Å². The van der Waals surface area contributed by atoms with Gasteiger partial charge in [0.05, 0.1) is 11.6 Å². The summed E-state index contributed by atoms with van der Waals surface area (Å²) >= 11 is 12.7. The average Bonchev–Trinajstić information content (AvgIpc) is 3.34. The molecule has 0 radical (unpaired) electrons. The number of nitrogens with two attached hydrogens (primary N) is 1. The van der Waals surface area contributed by atoms with Crippen LogP contribution >= 0.6 is 23.2 Å². The maximum atomic E-state index is 13.8. The van der Waals surface area contributed by atoms with Crippen LogP contribution in [0.5, 0.6) is 0 Å². The number of primary amides is 1. The van der Waals surface area contributed by atoms with Crippen molar-refractivity contribution in [2.75, 3.05) is 25.1 Å². The number of hydrogen-bond donors (Lipinski definition) is 2. The van der Waals surface area contributed by atoms with Crippen LogP contribution in [0.15, 0.2) is 72.8 Å². The topological polar surface area (TPSA) is 122 Å². The first-order valence-electron chi connectivity index (χ1n) is 12.8. The Kier molecular flexibility index (Phi) is 9.78. The van der Waals surface area contributed by atoms with E-state index in [2.05, 4.69) is 0 Å². The Morgan fingerprint density at radius 2 is 1.66 bits per heavy atom. The van der Waals surface area contributed by atoms with Crippen molar-refractivity contribution in [3.63, 3.8) is 0 Å². The predicted molar refractivity (Wildman–Crippen MR) is 160 cm³/mol. The number of anilines is 1. The average molecular weight is 594 g/mol. The number of aliphatic hydroxyl groups is 1. The van der Waals surface area contributed by atoms with Gasteiger partial charge in [0.25, 0.3) is 0 Å². The van der Waals surface area contributed by atoms with Crippen LogP contribution in [0, 0.1) is 0 Å². The van der Waals surface area contributed by atoms with Gasteiger partial charge in [-0.25, -0.2) is 9.78 Å². The van der Waals surface area contributed by atoms with Gasteiger partial charge in [0, 0.05) is 29.9 Å². The van der Waals surface area contributed by atoms with Crippen LogP contribution in [-0.2, 0) is 17.8 Å². The number of carbonyl (C=O) groups is 3. The Labute approximate surface area is 247 Å². The van der Waals surface area contributed by atoms with Crippen LogP contribution in [0.25, 0.3) is 17.1 Å². The summed E-state index contributed by atoms with van der Waals surface area (Å²) in [7, 11) is 1.45. The van der Waals surface area contributed by atoms with E-state index in [1.165, 1.54) is 16.8 Å².